The molecule has 1 aliphatic heterocycles. The standard InChI is InChI=1S/C15H21N5O2/c1-21-13-6-5-11(8-14(13)22-2)15(20-18-10-17-19-20)12-4-3-7-16-9-12/h5-6,8,10,12,15-16H,3-4,7,9H2,1-2H3/t12?,15-/m1/s1. The van der Waals surface area contributed by atoms with Crippen LogP contribution in [0.15, 0.2) is 24.5 Å². The van der Waals surface area contributed by atoms with E-state index in [4.69, 9.17) is 9.47 Å². The van der Waals surface area contributed by atoms with E-state index >= 15 is 0 Å². The lowest BCUT2D eigenvalue weighted by atomic mass is 9.87. The summed E-state index contributed by atoms with van der Waals surface area (Å²) in [5.41, 5.74) is 1.10. The number of piperidine rings is 1. The van der Waals surface area contributed by atoms with Crippen molar-refractivity contribution in [3.8, 4) is 11.5 Å². The van der Waals surface area contributed by atoms with Crippen LogP contribution in [0.25, 0.3) is 0 Å². The van der Waals surface area contributed by atoms with Crippen molar-refractivity contribution in [2.45, 2.75) is 18.9 Å². The monoisotopic (exact) mass is 303 g/mol. The van der Waals surface area contributed by atoms with Crippen LogP contribution in [0, 0.1) is 5.92 Å². The maximum atomic E-state index is 5.43. The second kappa shape index (κ2) is 6.74. The molecule has 3 rings (SSSR count). The van der Waals surface area contributed by atoms with Gasteiger partial charge >= 0.3 is 0 Å². The molecule has 0 aliphatic carbocycles. The second-order valence-corrected chi connectivity index (χ2v) is 5.42. The first-order chi connectivity index (χ1) is 10.8. The summed E-state index contributed by atoms with van der Waals surface area (Å²) in [7, 11) is 3.28. The molecule has 7 heteroatoms. The maximum absolute atomic E-state index is 5.43. The molecule has 1 aromatic carbocycles. The Morgan fingerprint density at radius 2 is 2.14 bits per heavy atom. The average molecular weight is 303 g/mol. The van der Waals surface area contributed by atoms with Gasteiger partial charge in [0.15, 0.2) is 17.8 Å². The van der Waals surface area contributed by atoms with Crippen LogP contribution in [-0.2, 0) is 0 Å². The first kappa shape index (κ1) is 14.8. The molecule has 7 nitrogen and oxygen atoms in total. The summed E-state index contributed by atoms with van der Waals surface area (Å²) in [6.45, 7) is 2.01. The highest BCUT2D eigenvalue weighted by molar-refractivity contribution is 5.44. The molecule has 2 heterocycles. The van der Waals surface area contributed by atoms with Gasteiger partial charge in [-0.15, -0.1) is 10.2 Å². The quantitative estimate of drug-likeness (QED) is 0.897. The van der Waals surface area contributed by atoms with Crippen LogP contribution in [0.5, 0.6) is 11.5 Å². The molecule has 1 unspecified atom stereocenters. The van der Waals surface area contributed by atoms with E-state index in [1.807, 2.05) is 18.2 Å². The van der Waals surface area contributed by atoms with Crippen LogP contribution in [0.2, 0.25) is 0 Å². The van der Waals surface area contributed by atoms with Crippen molar-refractivity contribution in [3.05, 3.63) is 30.1 Å². The Hall–Kier alpha value is -2.15. The molecule has 0 bridgehead atoms. The van der Waals surface area contributed by atoms with E-state index in [2.05, 4.69) is 20.7 Å². The first-order valence-electron chi connectivity index (χ1n) is 7.48. The molecule has 118 valence electrons. The van der Waals surface area contributed by atoms with Gasteiger partial charge in [0.1, 0.15) is 6.04 Å². The molecule has 1 aromatic heterocycles. The van der Waals surface area contributed by atoms with Gasteiger partial charge < -0.3 is 14.8 Å². The number of hydrogen-bond acceptors (Lipinski definition) is 6. The molecule has 22 heavy (non-hydrogen) atoms. The Kier molecular flexibility index (Phi) is 4.53. The predicted molar refractivity (Wildman–Crippen MR) is 81.1 cm³/mol. The molecular formula is C15H21N5O2. The normalized spacial score (nSPS) is 19.6. The van der Waals surface area contributed by atoms with Crippen molar-refractivity contribution in [1.82, 2.24) is 25.5 Å². The predicted octanol–water partition coefficient (Wildman–Crippen LogP) is 1.28. The summed E-state index contributed by atoms with van der Waals surface area (Å²) in [4.78, 5) is 1.69. The molecule has 0 amide bonds. The molecular weight excluding hydrogens is 282 g/mol. The van der Waals surface area contributed by atoms with Crippen LogP contribution in [-0.4, -0.2) is 47.5 Å². The number of rotatable bonds is 5. The zero-order chi connectivity index (χ0) is 15.4. The minimum Gasteiger partial charge on any atom is -0.493 e. The van der Waals surface area contributed by atoms with Crippen molar-refractivity contribution >= 4 is 0 Å². The van der Waals surface area contributed by atoms with Crippen molar-refractivity contribution in [3.63, 3.8) is 0 Å². The molecule has 2 atom stereocenters. The second-order valence-electron chi connectivity index (χ2n) is 5.42. The summed E-state index contributed by atoms with van der Waals surface area (Å²) in [5, 5.41) is 15.7. The minimum absolute atomic E-state index is 0.0371. The van der Waals surface area contributed by atoms with Crippen LogP contribution in [0.4, 0.5) is 0 Å². The molecule has 0 saturated carbocycles. The van der Waals surface area contributed by atoms with Crippen LogP contribution < -0.4 is 14.8 Å². The molecule has 0 spiro atoms. The summed E-state index contributed by atoms with van der Waals surface area (Å²) >= 11 is 0. The van der Waals surface area contributed by atoms with Crippen molar-refractivity contribution < 1.29 is 9.47 Å². The molecule has 1 N–H and O–H groups in total. The van der Waals surface area contributed by atoms with Crippen molar-refractivity contribution in [1.29, 1.82) is 0 Å². The fourth-order valence-corrected chi connectivity index (χ4v) is 3.08. The molecule has 1 saturated heterocycles. The van der Waals surface area contributed by atoms with Gasteiger partial charge in [-0.3, -0.25) is 0 Å². The average Bonchev–Trinajstić information content (AvgIpc) is 3.10. The van der Waals surface area contributed by atoms with E-state index in [-0.39, 0.29) is 6.04 Å². The molecule has 1 fully saturated rings. The summed E-state index contributed by atoms with van der Waals surface area (Å²) in [6, 6.07) is 6.01. The lowest BCUT2D eigenvalue weighted by Gasteiger charge is -2.30. The van der Waals surface area contributed by atoms with E-state index in [1.165, 1.54) is 6.33 Å². The first-order valence-corrected chi connectivity index (χ1v) is 7.48. The van der Waals surface area contributed by atoms with Crippen molar-refractivity contribution in [2.75, 3.05) is 27.3 Å². The molecule has 0 radical (unpaired) electrons. The Morgan fingerprint density at radius 3 is 2.77 bits per heavy atom. The zero-order valence-electron chi connectivity index (χ0n) is 12.9. The Morgan fingerprint density at radius 1 is 1.27 bits per heavy atom. The van der Waals surface area contributed by atoms with E-state index in [9.17, 15) is 0 Å². The van der Waals surface area contributed by atoms with Gasteiger partial charge in [0.2, 0.25) is 0 Å². The van der Waals surface area contributed by atoms with E-state index in [0.717, 1.165) is 37.2 Å². The molecule has 1 aliphatic rings. The van der Waals surface area contributed by atoms with E-state index < -0.39 is 0 Å². The number of aromatic nitrogens is 4. The number of methoxy groups -OCH3 is 2. The Bertz CT molecular complexity index is 596. The fourth-order valence-electron chi connectivity index (χ4n) is 3.08. The highest BCUT2D eigenvalue weighted by Crippen LogP contribution is 2.35. The highest BCUT2D eigenvalue weighted by Gasteiger charge is 2.29. The van der Waals surface area contributed by atoms with Gasteiger partial charge in [0.05, 0.1) is 14.2 Å². The van der Waals surface area contributed by atoms with Gasteiger partial charge in [-0.05, 0) is 48.2 Å². The van der Waals surface area contributed by atoms with Gasteiger partial charge in [-0.1, -0.05) is 6.07 Å². The van der Waals surface area contributed by atoms with Crippen LogP contribution >= 0.6 is 0 Å². The topological polar surface area (TPSA) is 74.1 Å². The Balaban J connectivity index is 1.98. The highest BCUT2D eigenvalue weighted by atomic mass is 16.5. The Labute approximate surface area is 129 Å². The smallest absolute Gasteiger partial charge is 0.162 e. The zero-order valence-corrected chi connectivity index (χ0v) is 12.9. The summed E-state index contributed by atoms with van der Waals surface area (Å²) in [6.07, 6.45) is 3.76. The van der Waals surface area contributed by atoms with E-state index in [0.29, 0.717) is 11.7 Å². The van der Waals surface area contributed by atoms with Gasteiger partial charge in [0.25, 0.3) is 0 Å². The number of tetrazole rings is 1. The summed E-state index contributed by atoms with van der Waals surface area (Å²) < 4.78 is 10.7. The van der Waals surface area contributed by atoms with Crippen molar-refractivity contribution in [2.24, 2.45) is 5.92 Å². The van der Waals surface area contributed by atoms with Gasteiger partial charge in [0, 0.05) is 6.54 Å². The SMILES string of the molecule is COc1ccc([C@H](C2CCCNC2)n2ncnn2)cc1OC. The number of nitrogens with one attached hydrogen (secondary N) is 1. The molecule has 2 aromatic rings. The van der Waals surface area contributed by atoms with Gasteiger partial charge in [-0.2, -0.15) is 4.80 Å². The fraction of sp³-hybridized carbons (Fsp3) is 0.533. The van der Waals surface area contributed by atoms with Gasteiger partial charge in [-0.25, -0.2) is 0 Å². The third kappa shape index (κ3) is 2.89. The maximum Gasteiger partial charge on any atom is 0.162 e. The van der Waals surface area contributed by atoms with Crippen LogP contribution in [0.3, 0.4) is 0 Å². The number of nitrogens with zero attached hydrogens (tertiary/aromatic N) is 4. The lowest BCUT2D eigenvalue weighted by Crippen LogP contribution is -2.36. The summed E-state index contributed by atoms with van der Waals surface area (Å²) in [5.74, 6) is 1.85. The number of hydrogen-bond donors (Lipinski definition) is 1. The third-order valence-corrected chi connectivity index (χ3v) is 4.14. The third-order valence-electron chi connectivity index (χ3n) is 4.14. The number of benzene rings is 1. The van der Waals surface area contributed by atoms with Crippen LogP contribution in [0.1, 0.15) is 24.4 Å². The number of ether oxygens (including phenoxy) is 2. The minimum atomic E-state index is 0.0371. The largest absolute Gasteiger partial charge is 0.493 e. The van der Waals surface area contributed by atoms with E-state index in [1.54, 1.807) is 19.0 Å². The lowest BCUT2D eigenvalue weighted by molar-refractivity contribution is 0.260.